The molecule has 0 saturated carbocycles. The summed E-state index contributed by atoms with van der Waals surface area (Å²) in [4.78, 5) is 14.2. The molecular formula is C21H21NO. The Morgan fingerprint density at radius 3 is 1.91 bits per heavy atom. The zero-order valence-corrected chi connectivity index (χ0v) is 13.6. The van der Waals surface area contributed by atoms with Crippen molar-refractivity contribution in [3.63, 3.8) is 0 Å². The van der Waals surface area contributed by atoms with Crippen LogP contribution >= 0.6 is 0 Å². The van der Waals surface area contributed by atoms with Gasteiger partial charge in [0.2, 0.25) is 0 Å². The van der Waals surface area contributed by atoms with Crippen molar-refractivity contribution < 1.29 is 4.79 Å². The molecule has 2 aromatic rings. The largest absolute Gasteiger partial charge is 0.383 e. The average Bonchev–Trinajstić information content (AvgIpc) is 2.58. The Morgan fingerprint density at radius 1 is 0.913 bits per heavy atom. The minimum Gasteiger partial charge on any atom is -0.383 e. The van der Waals surface area contributed by atoms with Crippen molar-refractivity contribution in [1.82, 2.24) is 4.90 Å². The number of allylic oxidation sites excluding steroid dienone is 3. The average molecular weight is 303 g/mol. The molecule has 1 aliphatic rings. The molecule has 0 amide bonds. The number of carbonyl (C=O) groups is 1. The number of hydrogen-bond donors (Lipinski definition) is 0. The molecule has 0 saturated heterocycles. The van der Waals surface area contributed by atoms with Crippen LogP contribution < -0.4 is 0 Å². The molecule has 2 heteroatoms. The number of carbonyl (C=O) groups excluding carboxylic acids is 1. The van der Waals surface area contributed by atoms with Gasteiger partial charge < -0.3 is 4.90 Å². The molecule has 116 valence electrons. The zero-order chi connectivity index (χ0) is 16.3. The van der Waals surface area contributed by atoms with Crippen molar-refractivity contribution in [2.75, 3.05) is 14.1 Å². The van der Waals surface area contributed by atoms with Crippen LogP contribution in [-0.2, 0) is 10.2 Å². The number of ketones is 1. The van der Waals surface area contributed by atoms with E-state index in [4.69, 9.17) is 0 Å². The third kappa shape index (κ3) is 2.98. The van der Waals surface area contributed by atoms with Crippen molar-refractivity contribution in [2.24, 2.45) is 0 Å². The fraction of sp³-hybridized carbons (Fsp3) is 0.190. The van der Waals surface area contributed by atoms with Crippen LogP contribution in [0.5, 0.6) is 0 Å². The Kier molecular flexibility index (Phi) is 4.16. The van der Waals surface area contributed by atoms with Crippen molar-refractivity contribution >= 4 is 5.78 Å². The smallest absolute Gasteiger partial charge is 0.183 e. The molecule has 3 rings (SSSR count). The SMILES string of the molecule is CN(C)C=C1CC(c2ccccc2)(c2ccccc2)C=CC1=O. The molecule has 0 aliphatic heterocycles. The molecule has 0 atom stereocenters. The Bertz CT molecular complexity index is 702. The molecule has 0 bridgehead atoms. The summed E-state index contributed by atoms with van der Waals surface area (Å²) in [6.45, 7) is 0. The van der Waals surface area contributed by atoms with Gasteiger partial charge in [0.05, 0.1) is 0 Å². The third-order valence-corrected chi connectivity index (χ3v) is 4.30. The van der Waals surface area contributed by atoms with Crippen molar-refractivity contribution in [3.05, 3.63) is 95.7 Å². The van der Waals surface area contributed by atoms with Gasteiger partial charge in [-0.3, -0.25) is 4.79 Å². The normalized spacial score (nSPS) is 18.2. The molecule has 0 N–H and O–H groups in total. The van der Waals surface area contributed by atoms with Gasteiger partial charge in [-0.15, -0.1) is 0 Å². The van der Waals surface area contributed by atoms with E-state index in [0.29, 0.717) is 6.42 Å². The first-order chi connectivity index (χ1) is 11.1. The summed E-state index contributed by atoms with van der Waals surface area (Å²) in [5.74, 6) is 0.0983. The predicted molar refractivity (Wildman–Crippen MR) is 94.2 cm³/mol. The fourth-order valence-electron chi connectivity index (χ4n) is 3.23. The van der Waals surface area contributed by atoms with Crippen LogP contribution in [0.15, 0.2) is 84.6 Å². The lowest BCUT2D eigenvalue weighted by Crippen LogP contribution is -2.31. The Balaban J connectivity index is 2.19. The predicted octanol–water partition coefficient (Wildman–Crippen LogP) is 3.95. The molecule has 0 heterocycles. The monoisotopic (exact) mass is 303 g/mol. The topological polar surface area (TPSA) is 20.3 Å². The van der Waals surface area contributed by atoms with E-state index in [1.807, 2.05) is 37.3 Å². The summed E-state index contributed by atoms with van der Waals surface area (Å²) in [5, 5.41) is 0. The van der Waals surface area contributed by atoms with E-state index in [1.165, 1.54) is 11.1 Å². The second-order valence-corrected chi connectivity index (χ2v) is 6.20. The zero-order valence-electron chi connectivity index (χ0n) is 13.6. The second-order valence-electron chi connectivity index (χ2n) is 6.20. The van der Waals surface area contributed by atoms with Crippen molar-refractivity contribution in [1.29, 1.82) is 0 Å². The van der Waals surface area contributed by atoms with Gasteiger partial charge >= 0.3 is 0 Å². The molecular weight excluding hydrogens is 282 g/mol. The highest BCUT2D eigenvalue weighted by Gasteiger charge is 2.36. The number of hydrogen-bond acceptors (Lipinski definition) is 2. The van der Waals surface area contributed by atoms with Gasteiger partial charge in [0.25, 0.3) is 0 Å². The van der Waals surface area contributed by atoms with E-state index < -0.39 is 0 Å². The maximum Gasteiger partial charge on any atom is 0.183 e. The number of rotatable bonds is 3. The molecule has 1 aliphatic carbocycles. The minimum atomic E-state index is -0.293. The quantitative estimate of drug-likeness (QED) is 0.800. The van der Waals surface area contributed by atoms with E-state index >= 15 is 0 Å². The van der Waals surface area contributed by atoms with E-state index in [2.05, 4.69) is 54.6 Å². The molecule has 23 heavy (non-hydrogen) atoms. The lowest BCUT2D eigenvalue weighted by atomic mass is 9.67. The van der Waals surface area contributed by atoms with Gasteiger partial charge in [0.15, 0.2) is 5.78 Å². The fourth-order valence-corrected chi connectivity index (χ4v) is 3.23. The van der Waals surface area contributed by atoms with Crippen LogP contribution in [0.2, 0.25) is 0 Å². The summed E-state index contributed by atoms with van der Waals surface area (Å²) < 4.78 is 0. The second kappa shape index (κ2) is 6.25. The van der Waals surface area contributed by atoms with Gasteiger partial charge in [-0.05, 0) is 23.6 Å². The lowest BCUT2D eigenvalue weighted by molar-refractivity contribution is -0.111. The lowest BCUT2D eigenvalue weighted by Gasteiger charge is -2.35. The van der Waals surface area contributed by atoms with E-state index in [1.54, 1.807) is 6.08 Å². The molecule has 0 unspecified atom stereocenters. The first kappa shape index (κ1) is 15.3. The summed E-state index contributed by atoms with van der Waals surface area (Å²) in [7, 11) is 3.90. The van der Waals surface area contributed by atoms with Crippen LogP contribution in [0.1, 0.15) is 17.5 Å². The molecule has 0 aromatic heterocycles. The van der Waals surface area contributed by atoms with Gasteiger partial charge in [0, 0.05) is 31.3 Å². The Labute approximate surface area is 137 Å². The van der Waals surface area contributed by atoms with Crippen molar-refractivity contribution in [2.45, 2.75) is 11.8 Å². The van der Waals surface area contributed by atoms with Gasteiger partial charge in [0.1, 0.15) is 0 Å². The van der Waals surface area contributed by atoms with Gasteiger partial charge in [-0.25, -0.2) is 0 Å². The molecule has 0 fully saturated rings. The highest BCUT2D eigenvalue weighted by atomic mass is 16.1. The van der Waals surface area contributed by atoms with Crippen LogP contribution in [0, 0.1) is 0 Å². The number of nitrogens with zero attached hydrogens (tertiary/aromatic N) is 1. The summed E-state index contributed by atoms with van der Waals surface area (Å²) in [6.07, 6.45) is 6.40. The Hall–Kier alpha value is -2.61. The van der Waals surface area contributed by atoms with E-state index in [0.717, 1.165) is 5.57 Å². The van der Waals surface area contributed by atoms with E-state index in [9.17, 15) is 4.79 Å². The van der Waals surface area contributed by atoms with Crippen LogP contribution in [0.25, 0.3) is 0 Å². The standard InChI is InChI=1S/C21H21NO/c1-22(2)16-17-15-21(14-13-20(17)23,18-9-5-3-6-10-18)19-11-7-4-8-12-19/h3-14,16H,15H2,1-2H3. The van der Waals surface area contributed by atoms with Gasteiger partial charge in [-0.1, -0.05) is 66.7 Å². The summed E-state index contributed by atoms with van der Waals surface area (Å²) in [5.41, 5.74) is 2.96. The molecule has 0 spiro atoms. The maximum atomic E-state index is 12.3. The highest BCUT2D eigenvalue weighted by molar-refractivity contribution is 6.05. The number of benzene rings is 2. The van der Waals surface area contributed by atoms with Crippen LogP contribution in [0.3, 0.4) is 0 Å². The van der Waals surface area contributed by atoms with E-state index in [-0.39, 0.29) is 11.2 Å². The molecule has 2 nitrogen and oxygen atoms in total. The maximum absolute atomic E-state index is 12.3. The van der Waals surface area contributed by atoms with Gasteiger partial charge in [-0.2, -0.15) is 0 Å². The molecule has 2 aromatic carbocycles. The Morgan fingerprint density at radius 2 is 1.43 bits per heavy atom. The first-order valence-electron chi connectivity index (χ1n) is 7.83. The molecule has 0 radical (unpaired) electrons. The first-order valence-corrected chi connectivity index (χ1v) is 7.83. The highest BCUT2D eigenvalue weighted by Crippen LogP contribution is 2.42. The third-order valence-electron chi connectivity index (χ3n) is 4.30. The minimum absolute atomic E-state index is 0.0983. The van der Waals surface area contributed by atoms with Crippen molar-refractivity contribution in [3.8, 4) is 0 Å². The summed E-state index contributed by atoms with van der Waals surface area (Å²) in [6, 6.07) is 20.8. The van der Waals surface area contributed by atoms with Crippen LogP contribution in [0.4, 0.5) is 0 Å². The summed E-state index contributed by atoms with van der Waals surface area (Å²) >= 11 is 0. The van der Waals surface area contributed by atoms with Crippen LogP contribution in [-0.4, -0.2) is 24.8 Å².